The lowest BCUT2D eigenvalue weighted by Gasteiger charge is -2.12. The average molecular weight is 512 g/mol. The Morgan fingerprint density at radius 2 is 1.32 bits per heavy atom. The highest BCUT2D eigenvalue weighted by Crippen LogP contribution is 2.28. The number of aromatic nitrogens is 1. The van der Waals surface area contributed by atoms with E-state index in [-0.39, 0.29) is 5.91 Å². The Morgan fingerprint density at radius 1 is 0.757 bits per heavy atom. The van der Waals surface area contributed by atoms with Crippen LogP contribution >= 0.6 is 0 Å². The third kappa shape index (κ3) is 14.1. The highest BCUT2D eigenvalue weighted by Gasteiger charge is 2.09. The third-order valence-electron chi connectivity index (χ3n) is 6.89. The summed E-state index contributed by atoms with van der Waals surface area (Å²) in [4.78, 5) is 12.4. The van der Waals surface area contributed by atoms with Crippen LogP contribution in [0.5, 0.6) is 11.5 Å². The van der Waals surface area contributed by atoms with Crippen LogP contribution in [0.15, 0.2) is 42.7 Å². The number of amides is 1. The molecular formula is C32H51N2O3+. The lowest BCUT2D eigenvalue weighted by Crippen LogP contribution is -2.28. The van der Waals surface area contributed by atoms with Gasteiger partial charge in [0.2, 0.25) is 5.91 Å². The van der Waals surface area contributed by atoms with Crippen LogP contribution in [0.25, 0.3) is 0 Å². The van der Waals surface area contributed by atoms with Crippen molar-refractivity contribution in [1.29, 1.82) is 0 Å². The van der Waals surface area contributed by atoms with Gasteiger partial charge >= 0.3 is 0 Å². The van der Waals surface area contributed by atoms with Crippen molar-refractivity contribution in [3.05, 3.63) is 53.9 Å². The Kier molecular flexibility index (Phi) is 16.2. The van der Waals surface area contributed by atoms with Crippen molar-refractivity contribution in [1.82, 2.24) is 5.32 Å². The monoisotopic (exact) mass is 511 g/mol. The molecule has 2 rings (SSSR count). The molecule has 1 heterocycles. The topological polar surface area (TPSA) is 51.4 Å². The zero-order chi connectivity index (χ0) is 26.6. The summed E-state index contributed by atoms with van der Waals surface area (Å²) in [6.07, 6.45) is 23.2. The Morgan fingerprint density at radius 3 is 1.89 bits per heavy atom. The van der Waals surface area contributed by atoms with Crippen molar-refractivity contribution in [2.24, 2.45) is 7.05 Å². The normalized spacial score (nSPS) is 10.9. The fraction of sp³-hybridized carbons (Fsp3) is 0.625. The first-order chi connectivity index (χ1) is 18.1. The summed E-state index contributed by atoms with van der Waals surface area (Å²) in [5.41, 5.74) is 1.99. The van der Waals surface area contributed by atoms with Gasteiger partial charge < -0.3 is 14.8 Å². The molecule has 1 amide bonds. The fourth-order valence-corrected chi connectivity index (χ4v) is 4.52. The summed E-state index contributed by atoms with van der Waals surface area (Å²) in [7, 11) is 3.62. The number of carbonyl (C=O) groups is 1. The molecular weight excluding hydrogens is 460 g/mol. The highest BCUT2D eigenvalue weighted by atomic mass is 16.5. The van der Waals surface area contributed by atoms with Crippen molar-refractivity contribution in [3.63, 3.8) is 0 Å². The molecule has 2 aromatic rings. The second-order valence-electron chi connectivity index (χ2n) is 10.3. The predicted molar refractivity (Wildman–Crippen MR) is 152 cm³/mol. The van der Waals surface area contributed by atoms with Crippen molar-refractivity contribution < 1.29 is 18.8 Å². The smallest absolute Gasteiger partial charge is 0.224 e. The molecule has 5 heteroatoms. The molecule has 5 nitrogen and oxygen atoms in total. The zero-order valence-electron chi connectivity index (χ0n) is 23.7. The summed E-state index contributed by atoms with van der Waals surface area (Å²) >= 11 is 0. The maximum Gasteiger partial charge on any atom is 0.224 e. The van der Waals surface area contributed by atoms with Crippen molar-refractivity contribution >= 4 is 5.91 Å². The summed E-state index contributed by atoms with van der Waals surface area (Å²) in [5, 5.41) is 2.98. The molecule has 1 aromatic carbocycles. The van der Waals surface area contributed by atoms with E-state index in [0.29, 0.717) is 25.3 Å². The number of nitrogens with zero attached hydrogens (tertiary/aromatic N) is 1. The molecule has 206 valence electrons. The van der Waals surface area contributed by atoms with Gasteiger partial charge in [0.05, 0.1) is 20.1 Å². The molecule has 0 aliphatic carbocycles. The number of carbonyl (C=O) groups excluding carboxylic acids is 1. The number of methoxy groups -OCH3 is 1. The Labute approximate surface area is 226 Å². The highest BCUT2D eigenvalue weighted by molar-refractivity contribution is 5.78. The number of unbranched alkanes of at least 4 members (excludes halogenated alkanes) is 13. The van der Waals surface area contributed by atoms with E-state index in [0.717, 1.165) is 23.3 Å². The molecule has 0 radical (unpaired) electrons. The molecule has 0 atom stereocenters. The van der Waals surface area contributed by atoms with Crippen molar-refractivity contribution in [2.45, 2.75) is 110 Å². The van der Waals surface area contributed by atoms with Crippen LogP contribution in [0.3, 0.4) is 0 Å². The molecule has 0 spiro atoms. The number of aryl methyl sites for hydroxylation is 1. The van der Waals surface area contributed by atoms with Gasteiger partial charge in [-0.1, -0.05) is 96.5 Å². The second-order valence-corrected chi connectivity index (χ2v) is 10.3. The standard InChI is InChI=1S/C32H50N2O3/c1-4-5-6-7-8-9-10-11-12-13-14-15-16-17-24-37-30-19-18-29(25-31(30)36-3)26-32(35)33-27-28-20-22-34(2)23-21-28/h18-23,25H,4-17,24,26-27H2,1-3H3/p+1. The lowest BCUT2D eigenvalue weighted by molar-refractivity contribution is -0.671. The lowest BCUT2D eigenvalue weighted by atomic mass is 10.0. The molecule has 37 heavy (non-hydrogen) atoms. The molecule has 0 aliphatic heterocycles. The molecule has 0 saturated carbocycles. The summed E-state index contributed by atoms with van der Waals surface area (Å²) in [6, 6.07) is 9.79. The Balaban J connectivity index is 1.53. The van der Waals surface area contributed by atoms with E-state index in [1.165, 1.54) is 83.5 Å². The van der Waals surface area contributed by atoms with Crippen molar-refractivity contribution in [2.75, 3.05) is 13.7 Å². The SMILES string of the molecule is CCCCCCCCCCCCCCCCOc1ccc(CC(=O)NCc2cc[n+](C)cc2)cc1OC. The van der Waals surface area contributed by atoms with E-state index in [4.69, 9.17) is 9.47 Å². The van der Waals surface area contributed by atoms with Gasteiger partial charge in [-0.15, -0.1) is 0 Å². The van der Waals surface area contributed by atoms with Crippen LogP contribution < -0.4 is 19.4 Å². The Hall–Kier alpha value is -2.56. The van der Waals surface area contributed by atoms with Crippen LogP contribution in [0.1, 0.15) is 108 Å². The van der Waals surface area contributed by atoms with Gasteiger partial charge in [-0.05, 0) is 29.7 Å². The summed E-state index contributed by atoms with van der Waals surface area (Å²) in [5.74, 6) is 1.43. The second kappa shape index (κ2) is 19.5. The van der Waals surface area contributed by atoms with Crippen LogP contribution in [0.2, 0.25) is 0 Å². The minimum absolute atomic E-state index is 0.00800. The van der Waals surface area contributed by atoms with Crippen LogP contribution in [-0.2, 0) is 24.8 Å². The molecule has 0 fully saturated rings. The molecule has 1 N–H and O–H groups in total. The van der Waals surface area contributed by atoms with Gasteiger partial charge in [-0.3, -0.25) is 4.79 Å². The maximum absolute atomic E-state index is 12.4. The average Bonchev–Trinajstić information content (AvgIpc) is 2.91. The molecule has 0 unspecified atom stereocenters. The molecule has 1 aromatic heterocycles. The molecule has 0 bridgehead atoms. The number of nitrogens with one attached hydrogen (secondary N) is 1. The summed E-state index contributed by atoms with van der Waals surface area (Å²) in [6.45, 7) is 3.50. The quantitative estimate of drug-likeness (QED) is 0.142. The van der Waals surface area contributed by atoms with Crippen LogP contribution in [-0.4, -0.2) is 19.6 Å². The third-order valence-corrected chi connectivity index (χ3v) is 6.89. The van der Waals surface area contributed by atoms with E-state index in [2.05, 4.69) is 12.2 Å². The number of rotatable bonds is 21. The minimum Gasteiger partial charge on any atom is -0.493 e. The maximum atomic E-state index is 12.4. The molecule has 0 aliphatic rings. The Bertz CT molecular complexity index is 867. The number of benzene rings is 1. The number of ether oxygens (including phenoxy) is 2. The van der Waals surface area contributed by atoms with Gasteiger partial charge in [0.15, 0.2) is 23.9 Å². The largest absolute Gasteiger partial charge is 0.493 e. The number of hydrogen-bond acceptors (Lipinski definition) is 3. The first-order valence-electron chi connectivity index (χ1n) is 14.6. The van der Waals surface area contributed by atoms with Gasteiger partial charge in [-0.25, -0.2) is 4.57 Å². The van der Waals surface area contributed by atoms with Crippen molar-refractivity contribution in [3.8, 4) is 11.5 Å². The minimum atomic E-state index is -0.00800. The van der Waals surface area contributed by atoms with E-state index < -0.39 is 0 Å². The van der Waals surface area contributed by atoms with Crippen LogP contribution in [0, 0.1) is 0 Å². The number of hydrogen-bond donors (Lipinski definition) is 1. The predicted octanol–water partition coefficient (Wildman–Crippen LogP) is 7.24. The molecule has 0 saturated heterocycles. The van der Waals surface area contributed by atoms with E-state index >= 15 is 0 Å². The van der Waals surface area contributed by atoms with E-state index in [1.807, 2.05) is 54.3 Å². The van der Waals surface area contributed by atoms with E-state index in [1.54, 1.807) is 7.11 Å². The van der Waals surface area contributed by atoms with Gasteiger partial charge in [-0.2, -0.15) is 0 Å². The van der Waals surface area contributed by atoms with E-state index in [9.17, 15) is 4.79 Å². The first kappa shape index (κ1) is 30.7. The fourth-order valence-electron chi connectivity index (χ4n) is 4.52. The van der Waals surface area contributed by atoms with Gasteiger partial charge in [0.25, 0.3) is 0 Å². The zero-order valence-corrected chi connectivity index (χ0v) is 23.7. The number of pyridine rings is 1. The van der Waals surface area contributed by atoms with Crippen LogP contribution in [0.4, 0.5) is 0 Å². The van der Waals surface area contributed by atoms with Gasteiger partial charge in [0.1, 0.15) is 7.05 Å². The van der Waals surface area contributed by atoms with Gasteiger partial charge in [0, 0.05) is 18.7 Å². The first-order valence-corrected chi connectivity index (χ1v) is 14.6. The summed E-state index contributed by atoms with van der Waals surface area (Å²) < 4.78 is 13.5.